The molecule has 0 amide bonds. The van der Waals surface area contributed by atoms with E-state index < -0.39 is 6.10 Å². The molecule has 0 aliphatic carbocycles. The van der Waals surface area contributed by atoms with Gasteiger partial charge >= 0.3 is 11.9 Å². The lowest BCUT2D eigenvalue weighted by molar-refractivity contribution is -0.161. The fraction of sp³-hybridized carbons (Fsp3) is 0.831. The number of carbonyl (C=O) groups excluding carboxylic acids is 2. The number of rotatable bonds is 63. The van der Waals surface area contributed by atoms with Crippen LogP contribution in [-0.2, 0) is 19.1 Å². The largest absolute Gasteiger partial charge is 0.462 e. The number of ether oxygens (including phenoxy) is 2. The Morgan fingerprint density at radius 3 is 0.789 bits per heavy atom. The van der Waals surface area contributed by atoms with E-state index in [1.165, 1.54) is 276 Å². The SMILES string of the molecule is CCCCCCC/C=C\C/C=C\C/C=C\CCCCCCCCCCCCCCC(=O)OC(CO)COC(=O)CCCCCCCCCCCCCCCCCCCCCCCCC/C=C\C/C=C\CCCCCCC. The Morgan fingerprint density at radius 2 is 0.526 bits per heavy atom. The maximum Gasteiger partial charge on any atom is 0.306 e. The molecular formula is C71H130O5. The van der Waals surface area contributed by atoms with Gasteiger partial charge in [0.2, 0.25) is 0 Å². The first kappa shape index (κ1) is 73.6. The Labute approximate surface area is 474 Å². The number of carbonyl (C=O) groups is 2. The molecule has 0 heterocycles. The minimum atomic E-state index is -0.774. The summed E-state index contributed by atoms with van der Waals surface area (Å²) in [5.74, 6) is -0.576. The van der Waals surface area contributed by atoms with Gasteiger partial charge in [-0.3, -0.25) is 9.59 Å². The van der Waals surface area contributed by atoms with E-state index >= 15 is 0 Å². The van der Waals surface area contributed by atoms with Crippen LogP contribution in [0.25, 0.3) is 0 Å². The van der Waals surface area contributed by atoms with Crippen LogP contribution in [0.4, 0.5) is 0 Å². The second-order valence-electron chi connectivity index (χ2n) is 22.9. The van der Waals surface area contributed by atoms with E-state index in [1.54, 1.807) is 0 Å². The van der Waals surface area contributed by atoms with Crippen LogP contribution in [0.1, 0.15) is 361 Å². The molecule has 1 atom stereocenters. The molecule has 0 aliphatic heterocycles. The Morgan fingerprint density at radius 1 is 0.303 bits per heavy atom. The molecule has 0 rings (SSSR count). The Bertz CT molecular complexity index is 1300. The van der Waals surface area contributed by atoms with Gasteiger partial charge in [-0.1, -0.05) is 325 Å². The summed E-state index contributed by atoms with van der Waals surface area (Å²) in [5.41, 5.74) is 0. The van der Waals surface area contributed by atoms with Crippen LogP contribution in [-0.4, -0.2) is 36.4 Å². The normalized spacial score (nSPS) is 12.5. The average Bonchev–Trinajstić information content (AvgIpc) is 3.42. The molecule has 0 radical (unpaired) electrons. The fourth-order valence-corrected chi connectivity index (χ4v) is 10.2. The van der Waals surface area contributed by atoms with Crippen molar-refractivity contribution in [3.63, 3.8) is 0 Å². The minimum absolute atomic E-state index is 0.0635. The Hall–Kier alpha value is -2.40. The van der Waals surface area contributed by atoms with Crippen molar-refractivity contribution in [2.45, 2.75) is 367 Å². The third kappa shape index (κ3) is 64.1. The van der Waals surface area contributed by atoms with Gasteiger partial charge < -0.3 is 14.6 Å². The van der Waals surface area contributed by atoms with Gasteiger partial charge in [-0.05, 0) is 83.5 Å². The smallest absolute Gasteiger partial charge is 0.306 e. The van der Waals surface area contributed by atoms with Crippen molar-refractivity contribution in [2.75, 3.05) is 13.2 Å². The van der Waals surface area contributed by atoms with Gasteiger partial charge in [0.05, 0.1) is 6.61 Å². The molecule has 5 heteroatoms. The molecule has 0 aromatic heterocycles. The third-order valence-corrected chi connectivity index (χ3v) is 15.3. The van der Waals surface area contributed by atoms with Crippen molar-refractivity contribution in [3.05, 3.63) is 60.8 Å². The number of hydrogen-bond acceptors (Lipinski definition) is 5. The lowest BCUT2D eigenvalue weighted by Crippen LogP contribution is -2.28. The molecule has 0 aromatic carbocycles. The number of aliphatic hydroxyl groups excluding tert-OH is 1. The molecule has 0 spiro atoms. The fourth-order valence-electron chi connectivity index (χ4n) is 10.2. The lowest BCUT2D eigenvalue weighted by atomic mass is 10.0. The highest BCUT2D eigenvalue weighted by Crippen LogP contribution is 2.18. The van der Waals surface area contributed by atoms with Crippen molar-refractivity contribution >= 4 is 11.9 Å². The number of aliphatic hydroxyl groups is 1. The molecule has 5 nitrogen and oxygen atoms in total. The molecule has 0 bridgehead atoms. The van der Waals surface area contributed by atoms with E-state index in [0.717, 1.165) is 57.8 Å². The van der Waals surface area contributed by atoms with Crippen LogP contribution in [0.5, 0.6) is 0 Å². The first-order valence-corrected chi connectivity index (χ1v) is 33.8. The molecule has 1 N–H and O–H groups in total. The van der Waals surface area contributed by atoms with Crippen LogP contribution in [0.3, 0.4) is 0 Å². The van der Waals surface area contributed by atoms with Crippen molar-refractivity contribution in [3.8, 4) is 0 Å². The molecular weight excluding hydrogens is 933 g/mol. The summed E-state index contributed by atoms with van der Waals surface area (Å²) in [6.07, 6.45) is 91.0. The van der Waals surface area contributed by atoms with Crippen LogP contribution in [0.15, 0.2) is 60.8 Å². The summed E-state index contributed by atoms with van der Waals surface area (Å²) >= 11 is 0. The van der Waals surface area contributed by atoms with Crippen molar-refractivity contribution in [1.82, 2.24) is 0 Å². The molecule has 1 unspecified atom stereocenters. The highest BCUT2D eigenvalue weighted by Gasteiger charge is 2.16. The van der Waals surface area contributed by atoms with Crippen LogP contribution >= 0.6 is 0 Å². The van der Waals surface area contributed by atoms with Crippen molar-refractivity contribution in [2.24, 2.45) is 0 Å². The number of esters is 2. The van der Waals surface area contributed by atoms with E-state index in [-0.39, 0.29) is 25.2 Å². The molecule has 76 heavy (non-hydrogen) atoms. The van der Waals surface area contributed by atoms with Gasteiger partial charge in [0.1, 0.15) is 6.61 Å². The first-order chi connectivity index (χ1) is 37.6. The zero-order valence-electron chi connectivity index (χ0n) is 51.0. The molecule has 0 saturated carbocycles. The Kier molecular flexibility index (Phi) is 64.8. The van der Waals surface area contributed by atoms with Gasteiger partial charge in [0.25, 0.3) is 0 Å². The molecule has 444 valence electrons. The molecule has 0 aliphatic rings. The highest BCUT2D eigenvalue weighted by molar-refractivity contribution is 5.70. The van der Waals surface area contributed by atoms with E-state index in [9.17, 15) is 14.7 Å². The van der Waals surface area contributed by atoms with Crippen LogP contribution in [0.2, 0.25) is 0 Å². The standard InChI is InChI=1S/C71H130O5/c1-3-5-7-9-11-13-15-17-19-21-23-25-27-29-31-32-33-34-35-36-37-38-40-41-43-45-47-49-51-53-55-57-59-61-63-65-70(73)75-68-69(67-72)76-71(74)66-64-62-60-58-56-54-52-50-48-46-44-42-39-30-28-26-24-22-20-18-16-14-12-10-8-6-4-2/h15-18,21-24,28,30,69,72H,3-14,19-20,25-27,29,31-68H2,1-2H3/b17-15-,18-16-,23-21-,24-22-,30-28-. The maximum atomic E-state index is 12.3. The van der Waals surface area contributed by atoms with Gasteiger partial charge in [-0.25, -0.2) is 0 Å². The molecule has 0 fully saturated rings. The van der Waals surface area contributed by atoms with Gasteiger partial charge in [0, 0.05) is 12.8 Å². The Balaban J connectivity index is 3.42. The zero-order chi connectivity index (χ0) is 54.8. The quantitative estimate of drug-likeness (QED) is 0.0373. The van der Waals surface area contributed by atoms with Crippen LogP contribution in [0, 0.1) is 0 Å². The molecule has 0 saturated heterocycles. The maximum absolute atomic E-state index is 12.3. The lowest BCUT2D eigenvalue weighted by Gasteiger charge is -2.15. The summed E-state index contributed by atoms with van der Waals surface area (Å²) in [4.78, 5) is 24.6. The average molecular weight is 1060 g/mol. The molecule has 0 aromatic rings. The van der Waals surface area contributed by atoms with Crippen LogP contribution < -0.4 is 0 Å². The third-order valence-electron chi connectivity index (χ3n) is 15.3. The summed E-state index contributed by atoms with van der Waals surface area (Å²) in [7, 11) is 0. The first-order valence-electron chi connectivity index (χ1n) is 33.8. The topological polar surface area (TPSA) is 72.8 Å². The summed E-state index contributed by atoms with van der Waals surface area (Å²) in [5, 5.41) is 9.69. The number of allylic oxidation sites excluding steroid dienone is 10. The number of unbranched alkanes of at least 4 members (excludes halogenated alkanes) is 45. The van der Waals surface area contributed by atoms with Gasteiger partial charge in [0.15, 0.2) is 6.10 Å². The minimum Gasteiger partial charge on any atom is -0.462 e. The predicted octanol–water partition coefficient (Wildman–Crippen LogP) is 23.3. The van der Waals surface area contributed by atoms with E-state index in [4.69, 9.17) is 9.47 Å². The van der Waals surface area contributed by atoms with Crippen molar-refractivity contribution in [1.29, 1.82) is 0 Å². The van der Waals surface area contributed by atoms with Crippen molar-refractivity contribution < 1.29 is 24.2 Å². The summed E-state index contributed by atoms with van der Waals surface area (Å²) in [6.45, 7) is 4.16. The van der Waals surface area contributed by atoms with E-state index in [2.05, 4.69) is 74.6 Å². The summed E-state index contributed by atoms with van der Waals surface area (Å²) in [6, 6.07) is 0. The van der Waals surface area contributed by atoms with Gasteiger partial charge in [-0.15, -0.1) is 0 Å². The second kappa shape index (κ2) is 66.9. The van der Waals surface area contributed by atoms with E-state index in [1.807, 2.05) is 0 Å². The predicted molar refractivity (Wildman–Crippen MR) is 334 cm³/mol. The highest BCUT2D eigenvalue weighted by atomic mass is 16.6. The monoisotopic (exact) mass is 1060 g/mol. The zero-order valence-corrected chi connectivity index (χ0v) is 51.0. The summed E-state index contributed by atoms with van der Waals surface area (Å²) < 4.78 is 10.8. The van der Waals surface area contributed by atoms with E-state index in [0.29, 0.717) is 12.8 Å². The second-order valence-corrected chi connectivity index (χ2v) is 22.9. The van der Waals surface area contributed by atoms with Gasteiger partial charge in [-0.2, -0.15) is 0 Å². The number of hydrogen-bond donors (Lipinski definition) is 1.